The maximum Gasteiger partial charge on any atom is 0.237 e. The molecule has 2 rings (SSSR count). The summed E-state index contributed by atoms with van der Waals surface area (Å²) in [5.41, 5.74) is 13.8. The molecule has 1 unspecified atom stereocenters. The van der Waals surface area contributed by atoms with Crippen LogP contribution in [-0.4, -0.2) is 30.9 Å². The van der Waals surface area contributed by atoms with Crippen molar-refractivity contribution in [2.24, 2.45) is 11.5 Å². The molecule has 1 atom stereocenters. The van der Waals surface area contributed by atoms with Crippen LogP contribution in [0.25, 0.3) is 0 Å². The van der Waals surface area contributed by atoms with Gasteiger partial charge in [0.15, 0.2) is 0 Å². The first-order chi connectivity index (χ1) is 13.0. The van der Waals surface area contributed by atoms with Gasteiger partial charge in [-0.3, -0.25) is 10.2 Å². The Labute approximate surface area is 161 Å². The number of amides is 1. The largest absolute Gasteiger partial charge is 0.384 e. The molecular weight excluding hydrogens is 338 g/mol. The molecule has 7 N–H and O–H groups in total. The van der Waals surface area contributed by atoms with Gasteiger partial charge in [-0.05, 0) is 24.5 Å². The molecule has 0 radical (unpaired) electrons. The Bertz CT molecular complexity index is 685. The number of hydrogen-bond acceptors (Lipinski definition) is 4. The fraction of sp³-hybridized carbons (Fsp3) is 0.333. The van der Waals surface area contributed by atoms with Gasteiger partial charge < -0.3 is 22.1 Å². The highest BCUT2D eigenvalue weighted by molar-refractivity contribution is 5.94. The third-order valence-electron chi connectivity index (χ3n) is 3.97. The van der Waals surface area contributed by atoms with Crippen LogP contribution in [0.15, 0.2) is 54.6 Å². The smallest absolute Gasteiger partial charge is 0.237 e. The molecule has 27 heavy (non-hydrogen) atoms. The van der Waals surface area contributed by atoms with Crippen LogP contribution in [-0.2, 0) is 17.8 Å². The van der Waals surface area contributed by atoms with Crippen molar-refractivity contribution in [3.63, 3.8) is 0 Å². The summed E-state index contributed by atoms with van der Waals surface area (Å²) < 4.78 is 0. The lowest BCUT2D eigenvalue weighted by molar-refractivity contribution is -0.122. The standard InChI is InChI=1S/C13H21N5O.C8H10/c1-9(17-7-6-14)13(19)18-8-10-2-4-11(5-3-10)12(15)16;1-2-8-6-4-3-5-7-8/h2-5,9,17H,6-8,14H2,1H3,(H3,15,16)(H,18,19);3-7H,2H2,1H3. The van der Waals surface area contributed by atoms with Gasteiger partial charge in [-0.2, -0.15) is 0 Å². The van der Waals surface area contributed by atoms with E-state index < -0.39 is 0 Å². The van der Waals surface area contributed by atoms with Crippen molar-refractivity contribution < 1.29 is 4.79 Å². The van der Waals surface area contributed by atoms with Gasteiger partial charge in [0, 0.05) is 25.2 Å². The van der Waals surface area contributed by atoms with Gasteiger partial charge in [0.25, 0.3) is 0 Å². The predicted octanol–water partition coefficient (Wildman–Crippen LogP) is 1.77. The number of benzene rings is 2. The second-order valence-corrected chi connectivity index (χ2v) is 6.13. The lowest BCUT2D eigenvalue weighted by atomic mass is 10.1. The topological polar surface area (TPSA) is 117 Å². The minimum Gasteiger partial charge on any atom is -0.384 e. The number of carbonyl (C=O) groups is 1. The van der Waals surface area contributed by atoms with E-state index in [1.165, 1.54) is 5.56 Å². The second-order valence-electron chi connectivity index (χ2n) is 6.13. The first-order valence-electron chi connectivity index (χ1n) is 9.16. The average Bonchev–Trinajstić information content (AvgIpc) is 2.71. The fourth-order valence-corrected chi connectivity index (χ4v) is 2.25. The Morgan fingerprint density at radius 1 is 1.07 bits per heavy atom. The molecule has 2 aromatic carbocycles. The Kier molecular flexibility index (Phi) is 10.4. The third-order valence-corrected chi connectivity index (χ3v) is 3.97. The summed E-state index contributed by atoms with van der Waals surface area (Å²) in [5.74, 6) is -0.0284. The first kappa shape index (κ1) is 22.3. The summed E-state index contributed by atoms with van der Waals surface area (Å²) in [6, 6.07) is 17.4. The second kappa shape index (κ2) is 12.6. The van der Waals surface area contributed by atoms with E-state index in [9.17, 15) is 4.79 Å². The predicted molar refractivity (Wildman–Crippen MR) is 112 cm³/mol. The van der Waals surface area contributed by atoms with Crippen molar-refractivity contribution in [2.75, 3.05) is 13.1 Å². The number of aryl methyl sites for hydroxylation is 1. The highest BCUT2D eigenvalue weighted by atomic mass is 16.2. The van der Waals surface area contributed by atoms with Crippen LogP contribution >= 0.6 is 0 Å². The van der Waals surface area contributed by atoms with E-state index in [1.807, 2.05) is 18.2 Å². The molecule has 0 spiro atoms. The summed E-state index contributed by atoms with van der Waals surface area (Å²) in [7, 11) is 0. The van der Waals surface area contributed by atoms with Crippen molar-refractivity contribution in [3.8, 4) is 0 Å². The Hall–Kier alpha value is -2.70. The maximum atomic E-state index is 11.7. The molecule has 0 fully saturated rings. The number of rotatable bonds is 8. The zero-order valence-corrected chi connectivity index (χ0v) is 16.2. The van der Waals surface area contributed by atoms with Crippen LogP contribution in [0.5, 0.6) is 0 Å². The van der Waals surface area contributed by atoms with E-state index in [2.05, 4.69) is 41.8 Å². The van der Waals surface area contributed by atoms with Crippen molar-refractivity contribution in [2.45, 2.75) is 32.9 Å². The number of amidine groups is 1. The zero-order chi connectivity index (χ0) is 20.1. The van der Waals surface area contributed by atoms with Crippen LogP contribution in [0.1, 0.15) is 30.5 Å². The van der Waals surface area contributed by atoms with E-state index in [0.29, 0.717) is 25.2 Å². The van der Waals surface area contributed by atoms with Gasteiger partial charge in [0.2, 0.25) is 5.91 Å². The highest BCUT2D eigenvalue weighted by Gasteiger charge is 2.10. The van der Waals surface area contributed by atoms with E-state index in [4.69, 9.17) is 16.9 Å². The molecule has 1 amide bonds. The molecule has 0 heterocycles. The fourth-order valence-electron chi connectivity index (χ4n) is 2.25. The van der Waals surface area contributed by atoms with Crippen molar-refractivity contribution in [3.05, 3.63) is 71.3 Å². The molecule has 0 bridgehead atoms. The van der Waals surface area contributed by atoms with Crippen LogP contribution < -0.4 is 22.1 Å². The molecule has 0 saturated heterocycles. The van der Waals surface area contributed by atoms with Gasteiger partial charge in [-0.1, -0.05) is 61.5 Å². The monoisotopic (exact) mass is 369 g/mol. The number of carbonyl (C=O) groups excluding carboxylic acids is 1. The minimum atomic E-state index is -0.264. The van der Waals surface area contributed by atoms with E-state index in [0.717, 1.165) is 12.0 Å². The third kappa shape index (κ3) is 8.99. The van der Waals surface area contributed by atoms with E-state index in [1.54, 1.807) is 19.1 Å². The highest BCUT2D eigenvalue weighted by Crippen LogP contribution is 2.03. The molecule has 146 valence electrons. The molecular formula is C21H31N5O. The van der Waals surface area contributed by atoms with Crippen molar-refractivity contribution >= 4 is 11.7 Å². The summed E-state index contributed by atoms with van der Waals surface area (Å²) in [6.07, 6.45) is 1.14. The molecule has 0 aliphatic carbocycles. The Morgan fingerprint density at radius 2 is 1.70 bits per heavy atom. The summed E-state index contributed by atoms with van der Waals surface area (Å²) in [4.78, 5) is 11.7. The molecule has 0 aliphatic rings. The van der Waals surface area contributed by atoms with Gasteiger partial charge in [0.1, 0.15) is 5.84 Å². The maximum absolute atomic E-state index is 11.7. The van der Waals surface area contributed by atoms with Gasteiger partial charge >= 0.3 is 0 Å². The quantitative estimate of drug-likeness (QED) is 0.360. The van der Waals surface area contributed by atoms with Crippen LogP contribution in [0.2, 0.25) is 0 Å². The van der Waals surface area contributed by atoms with Crippen LogP contribution in [0.3, 0.4) is 0 Å². The normalized spacial score (nSPS) is 11.1. The summed E-state index contributed by atoms with van der Waals surface area (Å²) in [5, 5.41) is 13.1. The Morgan fingerprint density at radius 3 is 2.19 bits per heavy atom. The average molecular weight is 370 g/mol. The SMILES string of the molecule is CC(NCCN)C(=O)NCc1ccc(C(=N)N)cc1.CCc1ccccc1. The van der Waals surface area contributed by atoms with Crippen LogP contribution in [0, 0.1) is 5.41 Å². The molecule has 6 nitrogen and oxygen atoms in total. The molecule has 2 aromatic rings. The molecule has 0 aliphatic heterocycles. The first-order valence-corrected chi connectivity index (χ1v) is 9.16. The molecule has 0 saturated carbocycles. The lowest BCUT2D eigenvalue weighted by Gasteiger charge is -2.13. The zero-order valence-electron chi connectivity index (χ0n) is 16.2. The van der Waals surface area contributed by atoms with Gasteiger partial charge in [-0.15, -0.1) is 0 Å². The van der Waals surface area contributed by atoms with Gasteiger partial charge in [0.05, 0.1) is 6.04 Å². The number of hydrogen-bond donors (Lipinski definition) is 5. The van der Waals surface area contributed by atoms with Crippen molar-refractivity contribution in [1.29, 1.82) is 5.41 Å². The van der Waals surface area contributed by atoms with E-state index in [-0.39, 0.29) is 17.8 Å². The van der Waals surface area contributed by atoms with Crippen molar-refractivity contribution in [1.82, 2.24) is 10.6 Å². The molecule has 0 aromatic heterocycles. The number of nitrogens with two attached hydrogens (primary N) is 2. The minimum absolute atomic E-state index is 0.0372. The Balaban J connectivity index is 0.000000377. The van der Waals surface area contributed by atoms with E-state index >= 15 is 0 Å². The number of nitrogen functional groups attached to an aromatic ring is 1. The van der Waals surface area contributed by atoms with Crippen LogP contribution in [0.4, 0.5) is 0 Å². The lowest BCUT2D eigenvalue weighted by Crippen LogP contribution is -2.43. The molecule has 6 heteroatoms. The van der Waals surface area contributed by atoms with Gasteiger partial charge in [-0.25, -0.2) is 0 Å². The summed E-state index contributed by atoms with van der Waals surface area (Å²) in [6.45, 7) is 5.52. The summed E-state index contributed by atoms with van der Waals surface area (Å²) >= 11 is 0. The number of nitrogens with one attached hydrogen (secondary N) is 3.